The molecule has 0 saturated carbocycles. The maximum Gasteiger partial charge on any atom is 0.407 e. The summed E-state index contributed by atoms with van der Waals surface area (Å²) in [4.78, 5) is 35.1. The van der Waals surface area contributed by atoms with Gasteiger partial charge in [-0.3, -0.25) is 4.79 Å². The molecule has 0 aliphatic heterocycles. The quantitative estimate of drug-likeness (QED) is 0.450. The van der Waals surface area contributed by atoms with Crippen LogP contribution in [0.2, 0.25) is 0 Å². The van der Waals surface area contributed by atoms with Gasteiger partial charge in [0.05, 0.1) is 13.2 Å². The molecule has 2 amide bonds. The molecule has 0 aromatic heterocycles. The standard InChI is InChI=1S/C25H30N2O6/c1-16(2)23(24(29)30)27-22(28)11-13-32-14-12-26-25(31)33-15-21-19-9-5-3-7-17(19)18-8-4-6-10-20(18)21/h3-10,16,21,23H,11-15H2,1-2H3,(H,26,31)(H,27,28)(H,29,30)/t23-/m0/s1. The Morgan fingerprint density at radius 2 is 1.58 bits per heavy atom. The van der Waals surface area contributed by atoms with Crippen LogP contribution < -0.4 is 10.6 Å². The van der Waals surface area contributed by atoms with Crippen molar-refractivity contribution in [3.8, 4) is 11.1 Å². The summed E-state index contributed by atoms with van der Waals surface area (Å²) >= 11 is 0. The number of alkyl carbamates (subject to hydrolysis) is 1. The molecule has 0 unspecified atom stereocenters. The third kappa shape index (κ3) is 6.32. The van der Waals surface area contributed by atoms with E-state index in [2.05, 4.69) is 34.9 Å². The van der Waals surface area contributed by atoms with Crippen molar-refractivity contribution in [2.75, 3.05) is 26.4 Å². The number of nitrogens with one attached hydrogen (secondary N) is 2. The molecule has 0 heterocycles. The van der Waals surface area contributed by atoms with Gasteiger partial charge in [0.25, 0.3) is 0 Å². The van der Waals surface area contributed by atoms with Crippen molar-refractivity contribution < 1.29 is 29.0 Å². The van der Waals surface area contributed by atoms with Gasteiger partial charge in [-0.25, -0.2) is 9.59 Å². The second kappa shape index (κ2) is 11.5. The molecule has 0 fully saturated rings. The molecule has 1 atom stereocenters. The Bertz CT molecular complexity index is 945. The number of aliphatic carboxylic acids is 1. The normalized spacial score (nSPS) is 13.2. The van der Waals surface area contributed by atoms with Gasteiger partial charge in [-0.2, -0.15) is 0 Å². The van der Waals surface area contributed by atoms with Crippen molar-refractivity contribution >= 4 is 18.0 Å². The molecule has 2 aromatic carbocycles. The Morgan fingerprint density at radius 1 is 0.970 bits per heavy atom. The van der Waals surface area contributed by atoms with E-state index in [4.69, 9.17) is 14.6 Å². The molecule has 33 heavy (non-hydrogen) atoms. The lowest BCUT2D eigenvalue weighted by molar-refractivity contribution is -0.143. The Labute approximate surface area is 193 Å². The minimum absolute atomic E-state index is 0.00150. The van der Waals surface area contributed by atoms with Crippen LogP contribution in [-0.4, -0.2) is 55.5 Å². The number of carbonyl (C=O) groups is 3. The molecule has 1 aliphatic rings. The molecule has 8 nitrogen and oxygen atoms in total. The van der Waals surface area contributed by atoms with Crippen LogP contribution in [0, 0.1) is 5.92 Å². The van der Waals surface area contributed by atoms with E-state index in [0.717, 1.165) is 11.1 Å². The van der Waals surface area contributed by atoms with Gasteiger partial charge in [0.1, 0.15) is 12.6 Å². The van der Waals surface area contributed by atoms with E-state index in [0.29, 0.717) is 0 Å². The molecule has 0 bridgehead atoms. The van der Waals surface area contributed by atoms with Crippen molar-refractivity contribution in [3.05, 3.63) is 59.7 Å². The highest BCUT2D eigenvalue weighted by atomic mass is 16.5. The molecule has 0 radical (unpaired) electrons. The van der Waals surface area contributed by atoms with E-state index in [1.54, 1.807) is 13.8 Å². The summed E-state index contributed by atoms with van der Waals surface area (Å²) in [5.74, 6) is -1.67. The van der Waals surface area contributed by atoms with Gasteiger partial charge in [0.2, 0.25) is 5.91 Å². The van der Waals surface area contributed by atoms with E-state index in [1.165, 1.54) is 11.1 Å². The van der Waals surface area contributed by atoms with E-state index < -0.39 is 18.1 Å². The summed E-state index contributed by atoms with van der Waals surface area (Å²) < 4.78 is 10.8. The molecule has 176 valence electrons. The van der Waals surface area contributed by atoms with E-state index >= 15 is 0 Å². The van der Waals surface area contributed by atoms with E-state index in [-0.39, 0.29) is 50.5 Å². The van der Waals surface area contributed by atoms with Crippen LogP contribution in [0.25, 0.3) is 11.1 Å². The van der Waals surface area contributed by atoms with Crippen molar-refractivity contribution in [1.82, 2.24) is 10.6 Å². The highest BCUT2D eigenvalue weighted by Gasteiger charge is 2.29. The molecular formula is C25H30N2O6. The lowest BCUT2D eigenvalue weighted by atomic mass is 9.98. The topological polar surface area (TPSA) is 114 Å². The lowest BCUT2D eigenvalue weighted by Crippen LogP contribution is -2.44. The number of ether oxygens (including phenoxy) is 2. The Kier molecular flexibility index (Phi) is 8.43. The summed E-state index contributed by atoms with van der Waals surface area (Å²) in [7, 11) is 0. The molecule has 0 saturated heterocycles. The molecule has 8 heteroatoms. The minimum Gasteiger partial charge on any atom is -0.480 e. The highest BCUT2D eigenvalue weighted by molar-refractivity contribution is 5.83. The monoisotopic (exact) mass is 454 g/mol. The van der Waals surface area contributed by atoms with Crippen LogP contribution in [-0.2, 0) is 19.1 Å². The zero-order valence-corrected chi connectivity index (χ0v) is 18.9. The van der Waals surface area contributed by atoms with Gasteiger partial charge >= 0.3 is 12.1 Å². The molecule has 2 aromatic rings. The van der Waals surface area contributed by atoms with Crippen molar-refractivity contribution in [2.45, 2.75) is 32.2 Å². The smallest absolute Gasteiger partial charge is 0.407 e. The summed E-state index contributed by atoms with van der Waals surface area (Å²) in [6.07, 6.45) is -0.485. The number of carbonyl (C=O) groups excluding carboxylic acids is 2. The lowest BCUT2D eigenvalue weighted by Gasteiger charge is -2.17. The number of hydrogen-bond acceptors (Lipinski definition) is 5. The van der Waals surface area contributed by atoms with Crippen LogP contribution in [0.3, 0.4) is 0 Å². The van der Waals surface area contributed by atoms with Crippen molar-refractivity contribution in [1.29, 1.82) is 0 Å². The summed E-state index contributed by atoms with van der Waals surface area (Å²) in [5.41, 5.74) is 4.64. The maximum absolute atomic E-state index is 12.1. The molecule has 1 aliphatic carbocycles. The number of rotatable bonds is 11. The number of amides is 2. The summed E-state index contributed by atoms with van der Waals surface area (Å²) in [6, 6.07) is 15.3. The number of carboxylic acid groups (broad SMARTS) is 1. The number of carboxylic acids is 1. The third-order valence-corrected chi connectivity index (χ3v) is 5.58. The largest absolute Gasteiger partial charge is 0.480 e. The molecule has 3 rings (SSSR count). The van der Waals surface area contributed by atoms with Gasteiger partial charge in [0, 0.05) is 18.9 Å². The van der Waals surface area contributed by atoms with Crippen LogP contribution in [0.5, 0.6) is 0 Å². The fourth-order valence-corrected chi connectivity index (χ4v) is 3.90. The zero-order chi connectivity index (χ0) is 23.8. The van der Waals surface area contributed by atoms with Crippen molar-refractivity contribution in [2.24, 2.45) is 5.92 Å². The van der Waals surface area contributed by atoms with Crippen LogP contribution >= 0.6 is 0 Å². The minimum atomic E-state index is -1.06. The van der Waals surface area contributed by atoms with Gasteiger partial charge in [-0.15, -0.1) is 0 Å². The third-order valence-electron chi connectivity index (χ3n) is 5.58. The van der Waals surface area contributed by atoms with Crippen LogP contribution in [0.15, 0.2) is 48.5 Å². The van der Waals surface area contributed by atoms with E-state index in [1.807, 2.05) is 24.3 Å². The first-order chi connectivity index (χ1) is 15.9. The first-order valence-electron chi connectivity index (χ1n) is 11.1. The Morgan fingerprint density at radius 3 is 2.15 bits per heavy atom. The van der Waals surface area contributed by atoms with Gasteiger partial charge in [0.15, 0.2) is 0 Å². The highest BCUT2D eigenvalue weighted by Crippen LogP contribution is 2.44. The van der Waals surface area contributed by atoms with Gasteiger partial charge < -0.3 is 25.2 Å². The molecule has 0 spiro atoms. The van der Waals surface area contributed by atoms with Gasteiger partial charge in [-0.1, -0.05) is 62.4 Å². The first-order valence-corrected chi connectivity index (χ1v) is 11.1. The summed E-state index contributed by atoms with van der Waals surface area (Å²) in [5, 5.41) is 14.2. The Balaban J connectivity index is 1.34. The number of benzene rings is 2. The second-order valence-electron chi connectivity index (χ2n) is 8.24. The van der Waals surface area contributed by atoms with E-state index in [9.17, 15) is 14.4 Å². The van der Waals surface area contributed by atoms with Crippen LogP contribution in [0.1, 0.15) is 37.3 Å². The molecular weight excluding hydrogens is 424 g/mol. The zero-order valence-electron chi connectivity index (χ0n) is 18.9. The first kappa shape index (κ1) is 24.3. The summed E-state index contributed by atoms with van der Waals surface area (Å²) in [6.45, 7) is 4.27. The SMILES string of the molecule is CC(C)[C@H](NC(=O)CCOCCNC(=O)OCC1c2ccccc2-c2ccccc21)C(=O)O. The predicted octanol–water partition coefficient (Wildman–Crippen LogP) is 3.16. The number of hydrogen-bond donors (Lipinski definition) is 3. The van der Waals surface area contributed by atoms with Crippen LogP contribution in [0.4, 0.5) is 4.79 Å². The average Bonchev–Trinajstić information content (AvgIpc) is 3.11. The van der Waals surface area contributed by atoms with Crippen molar-refractivity contribution in [3.63, 3.8) is 0 Å². The fraction of sp³-hybridized carbons (Fsp3) is 0.400. The molecule has 3 N–H and O–H groups in total. The fourth-order valence-electron chi connectivity index (χ4n) is 3.90. The average molecular weight is 455 g/mol. The second-order valence-corrected chi connectivity index (χ2v) is 8.24. The Hall–Kier alpha value is -3.39. The van der Waals surface area contributed by atoms with Gasteiger partial charge in [-0.05, 0) is 28.2 Å². The number of fused-ring (bicyclic) bond motifs is 3. The maximum atomic E-state index is 12.1. The predicted molar refractivity (Wildman–Crippen MR) is 123 cm³/mol.